The molecule has 3 rings (SSSR count). The Kier molecular flexibility index (Phi) is 3.79. The summed E-state index contributed by atoms with van der Waals surface area (Å²) in [5.74, 6) is 0.224. The van der Waals surface area contributed by atoms with Gasteiger partial charge >= 0.3 is 0 Å². The van der Waals surface area contributed by atoms with Gasteiger partial charge in [0.25, 0.3) is 5.89 Å². The summed E-state index contributed by atoms with van der Waals surface area (Å²) in [4.78, 5) is 9.42. The fourth-order valence-corrected chi connectivity index (χ4v) is 3.52. The third kappa shape index (κ3) is 3.23. The van der Waals surface area contributed by atoms with Crippen LogP contribution in [-0.2, 0) is 15.6 Å². The molecule has 0 saturated heterocycles. The number of nitrogens with zero attached hydrogens (tertiary/aromatic N) is 3. The first-order valence-electron chi connectivity index (χ1n) is 6.46. The van der Waals surface area contributed by atoms with Crippen molar-refractivity contribution in [1.29, 1.82) is 0 Å². The van der Waals surface area contributed by atoms with E-state index in [0.29, 0.717) is 5.89 Å². The summed E-state index contributed by atoms with van der Waals surface area (Å²) in [5, 5.41) is 4.57. The second-order valence-corrected chi connectivity index (χ2v) is 8.02. The molecule has 22 heavy (non-hydrogen) atoms. The molecular formula is C14H13N3O3S2. The molecule has 0 aliphatic heterocycles. The Balaban J connectivity index is 1.95. The zero-order valence-electron chi connectivity index (χ0n) is 12.0. The number of benzene rings is 1. The third-order valence-corrected chi connectivity index (χ3v) is 4.85. The van der Waals surface area contributed by atoms with Crippen molar-refractivity contribution in [1.82, 2.24) is 15.1 Å². The number of aromatic nitrogens is 3. The highest BCUT2D eigenvalue weighted by Gasteiger charge is 2.18. The summed E-state index contributed by atoms with van der Waals surface area (Å²) in [6.45, 7) is 1.86. The van der Waals surface area contributed by atoms with Crippen molar-refractivity contribution in [2.24, 2.45) is 0 Å². The van der Waals surface area contributed by atoms with E-state index in [-0.39, 0.29) is 11.6 Å². The first kappa shape index (κ1) is 14.9. The van der Waals surface area contributed by atoms with Gasteiger partial charge in [0.05, 0.1) is 5.69 Å². The van der Waals surface area contributed by atoms with E-state index in [1.807, 2.05) is 37.3 Å². The molecule has 114 valence electrons. The smallest absolute Gasteiger partial charge is 0.269 e. The van der Waals surface area contributed by atoms with Gasteiger partial charge in [0.15, 0.2) is 15.7 Å². The van der Waals surface area contributed by atoms with Crippen molar-refractivity contribution in [3.05, 3.63) is 41.9 Å². The molecule has 0 radical (unpaired) electrons. The van der Waals surface area contributed by atoms with Crippen LogP contribution in [0.1, 0.15) is 11.5 Å². The Morgan fingerprint density at radius 1 is 1.18 bits per heavy atom. The molecule has 0 amide bonds. The van der Waals surface area contributed by atoms with E-state index in [9.17, 15) is 8.42 Å². The summed E-state index contributed by atoms with van der Waals surface area (Å²) in [6, 6.07) is 9.79. The molecule has 2 aromatic heterocycles. The third-order valence-electron chi connectivity index (χ3n) is 2.87. The molecular weight excluding hydrogens is 322 g/mol. The van der Waals surface area contributed by atoms with Crippen LogP contribution in [0.5, 0.6) is 0 Å². The second kappa shape index (κ2) is 5.62. The van der Waals surface area contributed by atoms with E-state index in [1.54, 1.807) is 0 Å². The SMILES string of the molecule is Cc1nc(-c2ccccc2)sc1-c1nc(CS(C)(=O)=O)no1. The number of rotatable bonds is 4. The summed E-state index contributed by atoms with van der Waals surface area (Å²) in [6.07, 6.45) is 1.13. The summed E-state index contributed by atoms with van der Waals surface area (Å²) in [5.41, 5.74) is 1.79. The van der Waals surface area contributed by atoms with Gasteiger partial charge in [0.1, 0.15) is 15.6 Å². The van der Waals surface area contributed by atoms with Crippen LogP contribution in [0.3, 0.4) is 0 Å². The lowest BCUT2D eigenvalue weighted by molar-refractivity contribution is 0.425. The standard InChI is InChI=1S/C14H13N3O3S2/c1-9-12(13-16-11(17-20-13)8-22(2,18)19)21-14(15-9)10-6-4-3-5-7-10/h3-7H,8H2,1-2H3. The van der Waals surface area contributed by atoms with E-state index < -0.39 is 9.84 Å². The average Bonchev–Trinajstić information content (AvgIpc) is 3.04. The first-order chi connectivity index (χ1) is 10.4. The lowest BCUT2D eigenvalue weighted by Crippen LogP contribution is -2.02. The van der Waals surface area contributed by atoms with Crippen LogP contribution in [0, 0.1) is 6.92 Å². The van der Waals surface area contributed by atoms with Gasteiger partial charge in [-0.1, -0.05) is 35.5 Å². The van der Waals surface area contributed by atoms with Crippen LogP contribution in [-0.4, -0.2) is 29.8 Å². The fourth-order valence-electron chi connectivity index (χ4n) is 1.94. The molecule has 3 aromatic rings. The van der Waals surface area contributed by atoms with Gasteiger partial charge in [-0.3, -0.25) is 0 Å². The van der Waals surface area contributed by atoms with Gasteiger partial charge < -0.3 is 4.52 Å². The molecule has 0 aliphatic carbocycles. The predicted octanol–water partition coefficient (Wildman–Crippen LogP) is 2.71. The fraction of sp³-hybridized carbons (Fsp3) is 0.214. The number of hydrogen-bond donors (Lipinski definition) is 0. The molecule has 1 aromatic carbocycles. The zero-order chi connectivity index (χ0) is 15.7. The number of thiazole rings is 1. The maximum atomic E-state index is 11.3. The molecule has 0 aliphatic rings. The Hall–Kier alpha value is -2.06. The van der Waals surface area contributed by atoms with E-state index >= 15 is 0 Å². The normalized spacial score (nSPS) is 11.7. The van der Waals surface area contributed by atoms with E-state index in [4.69, 9.17) is 4.52 Å². The highest BCUT2D eigenvalue weighted by Crippen LogP contribution is 2.34. The second-order valence-electron chi connectivity index (χ2n) is 4.89. The van der Waals surface area contributed by atoms with Crippen LogP contribution >= 0.6 is 11.3 Å². The molecule has 0 bridgehead atoms. The molecule has 0 saturated carbocycles. The maximum Gasteiger partial charge on any atom is 0.269 e. The van der Waals surface area contributed by atoms with Gasteiger partial charge in [0.2, 0.25) is 0 Å². The van der Waals surface area contributed by atoms with Crippen molar-refractivity contribution in [3.63, 3.8) is 0 Å². The van der Waals surface area contributed by atoms with Gasteiger partial charge in [-0.25, -0.2) is 13.4 Å². The van der Waals surface area contributed by atoms with Gasteiger partial charge in [-0.2, -0.15) is 4.98 Å². The van der Waals surface area contributed by atoms with E-state index in [1.165, 1.54) is 11.3 Å². The lowest BCUT2D eigenvalue weighted by atomic mass is 10.2. The largest absolute Gasteiger partial charge is 0.333 e. The summed E-state index contributed by atoms with van der Waals surface area (Å²) >= 11 is 1.44. The maximum absolute atomic E-state index is 11.3. The molecule has 0 unspecified atom stereocenters. The highest BCUT2D eigenvalue weighted by molar-refractivity contribution is 7.89. The zero-order valence-corrected chi connectivity index (χ0v) is 13.6. The number of hydrogen-bond acceptors (Lipinski definition) is 7. The average molecular weight is 335 g/mol. The van der Waals surface area contributed by atoms with Crippen LogP contribution in [0.2, 0.25) is 0 Å². The van der Waals surface area contributed by atoms with Crippen molar-refractivity contribution in [2.75, 3.05) is 6.26 Å². The van der Waals surface area contributed by atoms with Crippen molar-refractivity contribution < 1.29 is 12.9 Å². The minimum atomic E-state index is -3.19. The Morgan fingerprint density at radius 3 is 2.59 bits per heavy atom. The Labute approximate surface area is 131 Å². The van der Waals surface area contributed by atoms with Crippen molar-refractivity contribution >= 4 is 21.2 Å². The lowest BCUT2D eigenvalue weighted by Gasteiger charge is -1.92. The van der Waals surface area contributed by atoms with Crippen LogP contribution in [0.25, 0.3) is 21.3 Å². The quantitative estimate of drug-likeness (QED) is 0.728. The molecule has 0 spiro atoms. The molecule has 2 heterocycles. The molecule has 8 heteroatoms. The van der Waals surface area contributed by atoms with Gasteiger partial charge in [-0.05, 0) is 6.92 Å². The van der Waals surface area contributed by atoms with Crippen molar-refractivity contribution in [2.45, 2.75) is 12.7 Å². The van der Waals surface area contributed by atoms with E-state index in [0.717, 1.165) is 27.4 Å². The highest BCUT2D eigenvalue weighted by atomic mass is 32.2. The molecule has 0 N–H and O–H groups in total. The van der Waals surface area contributed by atoms with Crippen LogP contribution in [0.4, 0.5) is 0 Å². The first-order valence-corrected chi connectivity index (χ1v) is 9.33. The molecule has 6 nitrogen and oxygen atoms in total. The minimum absolute atomic E-state index is 0.159. The molecule has 0 fully saturated rings. The predicted molar refractivity (Wildman–Crippen MR) is 84.1 cm³/mol. The van der Waals surface area contributed by atoms with Crippen LogP contribution in [0.15, 0.2) is 34.9 Å². The molecule has 0 atom stereocenters. The van der Waals surface area contributed by atoms with Crippen molar-refractivity contribution in [3.8, 4) is 21.3 Å². The summed E-state index contributed by atoms with van der Waals surface area (Å²) < 4.78 is 27.7. The van der Waals surface area contributed by atoms with Gasteiger partial charge in [0, 0.05) is 11.8 Å². The number of sulfone groups is 1. The van der Waals surface area contributed by atoms with E-state index in [2.05, 4.69) is 15.1 Å². The number of aryl methyl sites for hydroxylation is 1. The summed E-state index contributed by atoms with van der Waals surface area (Å²) in [7, 11) is -3.19. The Bertz CT molecular complexity index is 899. The monoisotopic (exact) mass is 335 g/mol. The van der Waals surface area contributed by atoms with Crippen LogP contribution < -0.4 is 0 Å². The minimum Gasteiger partial charge on any atom is -0.333 e. The van der Waals surface area contributed by atoms with Gasteiger partial charge in [-0.15, -0.1) is 11.3 Å². The Morgan fingerprint density at radius 2 is 1.91 bits per heavy atom. The topological polar surface area (TPSA) is 86.0 Å².